The Labute approximate surface area is 97.0 Å². The number of nitrogens with zero attached hydrogens (tertiary/aromatic N) is 1. The Kier molecular flexibility index (Phi) is 5.05. The number of rotatable bonds is 3. The molecule has 1 aromatic carbocycles. The Hall–Kier alpha value is -0.610. The third-order valence-electron chi connectivity index (χ3n) is 2.76. The van der Waals surface area contributed by atoms with E-state index in [0.29, 0.717) is 6.04 Å². The number of likely N-dealkylation sites (tertiary alicyclic amines) is 1. The van der Waals surface area contributed by atoms with Crippen LogP contribution in [-0.2, 0) is 6.54 Å². The minimum absolute atomic E-state index is 0. The maximum Gasteiger partial charge on any atom is 0.0350 e. The van der Waals surface area contributed by atoms with Crippen LogP contribution in [0.5, 0.6) is 0 Å². The number of hydrogen-bond donors (Lipinski definition) is 2. The van der Waals surface area contributed by atoms with Crippen molar-refractivity contribution in [3.8, 4) is 0 Å². The molecule has 2 rings (SSSR count). The van der Waals surface area contributed by atoms with Gasteiger partial charge < -0.3 is 0 Å². The molecule has 3 nitrogen and oxygen atoms in total. The predicted molar refractivity (Wildman–Crippen MR) is 64.7 cm³/mol. The number of benzene rings is 1. The van der Waals surface area contributed by atoms with Gasteiger partial charge >= 0.3 is 0 Å². The number of hydrogen-bond acceptors (Lipinski definition) is 3. The van der Waals surface area contributed by atoms with Crippen LogP contribution in [-0.4, -0.2) is 24.0 Å². The molecular formula is C11H18ClN3. The highest BCUT2D eigenvalue weighted by Crippen LogP contribution is 2.12. The summed E-state index contributed by atoms with van der Waals surface area (Å²) in [6.07, 6.45) is 1.16. The van der Waals surface area contributed by atoms with E-state index in [4.69, 9.17) is 5.84 Å². The minimum atomic E-state index is 0. The van der Waals surface area contributed by atoms with E-state index in [1.165, 1.54) is 5.56 Å². The molecule has 1 fully saturated rings. The summed E-state index contributed by atoms with van der Waals surface area (Å²) in [5.41, 5.74) is 4.22. The lowest BCUT2D eigenvalue weighted by atomic mass is 10.2. The highest BCUT2D eigenvalue weighted by atomic mass is 35.5. The molecule has 0 bridgehead atoms. The van der Waals surface area contributed by atoms with Crippen molar-refractivity contribution in [2.75, 3.05) is 13.1 Å². The Bertz CT molecular complexity index is 278. The van der Waals surface area contributed by atoms with Crippen LogP contribution in [0.4, 0.5) is 0 Å². The second kappa shape index (κ2) is 6.08. The third-order valence-corrected chi connectivity index (χ3v) is 2.76. The van der Waals surface area contributed by atoms with E-state index in [2.05, 4.69) is 40.7 Å². The van der Waals surface area contributed by atoms with E-state index < -0.39 is 0 Å². The maximum atomic E-state index is 5.41. The summed E-state index contributed by atoms with van der Waals surface area (Å²) >= 11 is 0. The van der Waals surface area contributed by atoms with E-state index in [0.717, 1.165) is 26.1 Å². The summed E-state index contributed by atoms with van der Waals surface area (Å²) in [7, 11) is 0. The van der Waals surface area contributed by atoms with Crippen molar-refractivity contribution in [1.82, 2.24) is 10.3 Å². The zero-order valence-corrected chi connectivity index (χ0v) is 9.54. The van der Waals surface area contributed by atoms with E-state index in [1.54, 1.807) is 0 Å². The number of nitrogens with one attached hydrogen (secondary N) is 1. The molecule has 1 aliphatic heterocycles. The summed E-state index contributed by atoms with van der Waals surface area (Å²) in [6, 6.07) is 11.0. The molecule has 1 atom stereocenters. The highest BCUT2D eigenvalue weighted by Gasteiger charge is 2.20. The van der Waals surface area contributed by atoms with Crippen LogP contribution in [0.3, 0.4) is 0 Å². The van der Waals surface area contributed by atoms with Crippen molar-refractivity contribution in [2.45, 2.75) is 19.0 Å². The first-order chi connectivity index (χ1) is 6.88. The van der Waals surface area contributed by atoms with Crippen molar-refractivity contribution >= 4 is 12.4 Å². The van der Waals surface area contributed by atoms with Crippen LogP contribution in [0.2, 0.25) is 0 Å². The summed E-state index contributed by atoms with van der Waals surface area (Å²) in [6.45, 7) is 3.24. The fourth-order valence-corrected chi connectivity index (χ4v) is 1.95. The topological polar surface area (TPSA) is 41.3 Å². The van der Waals surface area contributed by atoms with Crippen molar-refractivity contribution in [1.29, 1.82) is 0 Å². The highest BCUT2D eigenvalue weighted by molar-refractivity contribution is 5.85. The Morgan fingerprint density at radius 2 is 2.07 bits per heavy atom. The Balaban J connectivity index is 0.00000112. The first-order valence-electron chi connectivity index (χ1n) is 5.11. The van der Waals surface area contributed by atoms with E-state index >= 15 is 0 Å². The second-order valence-corrected chi connectivity index (χ2v) is 3.87. The van der Waals surface area contributed by atoms with Gasteiger partial charge in [-0.25, -0.2) is 0 Å². The van der Waals surface area contributed by atoms with Crippen molar-refractivity contribution in [3.63, 3.8) is 0 Å². The fourth-order valence-electron chi connectivity index (χ4n) is 1.95. The minimum Gasteiger partial charge on any atom is -0.297 e. The Morgan fingerprint density at radius 1 is 1.33 bits per heavy atom. The molecule has 84 valence electrons. The molecule has 4 heteroatoms. The average molecular weight is 228 g/mol. The summed E-state index contributed by atoms with van der Waals surface area (Å²) in [4.78, 5) is 2.43. The molecule has 0 aromatic heterocycles. The molecule has 1 saturated heterocycles. The molecule has 1 heterocycles. The molecule has 1 aromatic rings. The van der Waals surface area contributed by atoms with Gasteiger partial charge in [0.05, 0.1) is 0 Å². The fraction of sp³-hybridized carbons (Fsp3) is 0.455. The largest absolute Gasteiger partial charge is 0.297 e. The second-order valence-electron chi connectivity index (χ2n) is 3.87. The quantitative estimate of drug-likeness (QED) is 0.601. The smallest absolute Gasteiger partial charge is 0.0350 e. The van der Waals surface area contributed by atoms with Crippen LogP contribution in [0.25, 0.3) is 0 Å². The molecule has 15 heavy (non-hydrogen) atoms. The van der Waals surface area contributed by atoms with Gasteiger partial charge in [0, 0.05) is 25.7 Å². The SMILES string of the molecule is Cl.NNC1CCN(Cc2ccccc2)C1. The predicted octanol–water partition coefficient (Wildman–Crippen LogP) is 1.15. The standard InChI is InChI=1S/C11H17N3.ClH/c12-13-11-6-7-14(9-11)8-10-4-2-1-3-5-10;/h1-5,11,13H,6-9,12H2;1H. The van der Waals surface area contributed by atoms with Crippen LogP contribution in [0.1, 0.15) is 12.0 Å². The molecule has 3 N–H and O–H groups in total. The first kappa shape index (κ1) is 12.5. The Morgan fingerprint density at radius 3 is 2.67 bits per heavy atom. The van der Waals surface area contributed by atoms with Gasteiger partial charge in [-0.2, -0.15) is 0 Å². The zero-order valence-electron chi connectivity index (χ0n) is 8.73. The molecule has 0 saturated carbocycles. The lowest BCUT2D eigenvalue weighted by molar-refractivity contribution is 0.320. The number of nitrogens with two attached hydrogens (primary N) is 1. The van der Waals surface area contributed by atoms with Crippen molar-refractivity contribution < 1.29 is 0 Å². The van der Waals surface area contributed by atoms with Gasteiger partial charge in [-0.1, -0.05) is 30.3 Å². The molecule has 0 radical (unpaired) electrons. The lowest BCUT2D eigenvalue weighted by Gasteiger charge is -2.15. The summed E-state index contributed by atoms with van der Waals surface area (Å²) in [5.74, 6) is 5.41. The molecule has 1 unspecified atom stereocenters. The third kappa shape index (κ3) is 3.47. The molecule has 0 spiro atoms. The van der Waals surface area contributed by atoms with Gasteiger partial charge in [0.15, 0.2) is 0 Å². The summed E-state index contributed by atoms with van der Waals surface area (Å²) in [5, 5.41) is 0. The number of hydrazine groups is 1. The van der Waals surface area contributed by atoms with Crippen LogP contribution in [0.15, 0.2) is 30.3 Å². The van der Waals surface area contributed by atoms with Gasteiger partial charge in [0.1, 0.15) is 0 Å². The van der Waals surface area contributed by atoms with Gasteiger partial charge in [0.2, 0.25) is 0 Å². The van der Waals surface area contributed by atoms with Crippen LogP contribution >= 0.6 is 12.4 Å². The molecular weight excluding hydrogens is 210 g/mol. The number of halogens is 1. The van der Waals surface area contributed by atoms with E-state index in [-0.39, 0.29) is 12.4 Å². The first-order valence-corrected chi connectivity index (χ1v) is 5.11. The normalized spacial score (nSPS) is 21.3. The van der Waals surface area contributed by atoms with Crippen molar-refractivity contribution in [3.05, 3.63) is 35.9 Å². The zero-order chi connectivity index (χ0) is 9.80. The van der Waals surface area contributed by atoms with Gasteiger partial charge in [-0.15, -0.1) is 12.4 Å². The molecule has 0 amide bonds. The van der Waals surface area contributed by atoms with E-state index in [1.807, 2.05) is 0 Å². The van der Waals surface area contributed by atoms with E-state index in [9.17, 15) is 0 Å². The molecule has 1 aliphatic rings. The molecule has 0 aliphatic carbocycles. The monoisotopic (exact) mass is 227 g/mol. The van der Waals surface area contributed by atoms with Gasteiger partial charge in [-0.05, 0) is 12.0 Å². The lowest BCUT2D eigenvalue weighted by Crippen LogP contribution is -2.37. The maximum absolute atomic E-state index is 5.41. The van der Waals surface area contributed by atoms with Crippen LogP contribution < -0.4 is 11.3 Å². The van der Waals surface area contributed by atoms with Gasteiger partial charge in [0.25, 0.3) is 0 Å². The van der Waals surface area contributed by atoms with Gasteiger partial charge in [-0.3, -0.25) is 16.2 Å². The van der Waals surface area contributed by atoms with Crippen LogP contribution in [0, 0.1) is 0 Å². The average Bonchev–Trinajstić information content (AvgIpc) is 2.67. The summed E-state index contributed by atoms with van der Waals surface area (Å²) < 4.78 is 0. The van der Waals surface area contributed by atoms with Crippen molar-refractivity contribution in [2.24, 2.45) is 5.84 Å².